The van der Waals surface area contributed by atoms with Crippen LogP contribution in [0.5, 0.6) is 5.75 Å². The van der Waals surface area contributed by atoms with E-state index in [9.17, 15) is 4.79 Å². The van der Waals surface area contributed by atoms with Crippen molar-refractivity contribution in [2.24, 2.45) is 17.6 Å². The Balaban J connectivity index is 1.50. The number of hydrogen-bond donors (Lipinski definition) is 1. The second kappa shape index (κ2) is 7.14. The number of likely N-dealkylation sites (tertiary alicyclic amines) is 1. The summed E-state index contributed by atoms with van der Waals surface area (Å²) >= 11 is 0. The summed E-state index contributed by atoms with van der Waals surface area (Å²) in [4.78, 5) is 14.7. The van der Waals surface area contributed by atoms with E-state index in [1.165, 1.54) is 0 Å². The van der Waals surface area contributed by atoms with Gasteiger partial charge in [-0.15, -0.1) is 0 Å². The molecule has 22 heavy (non-hydrogen) atoms. The van der Waals surface area contributed by atoms with Crippen molar-refractivity contribution >= 4 is 5.91 Å². The van der Waals surface area contributed by atoms with Crippen LogP contribution < -0.4 is 10.5 Å². The van der Waals surface area contributed by atoms with Crippen LogP contribution in [0.4, 0.5) is 0 Å². The summed E-state index contributed by atoms with van der Waals surface area (Å²) in [6.45, 7) is 2.26. The van der Waals surface area contributed by atoms with E-state index in [1.54, 1.807) is 0 Å². The number of piperidine rings is 1. The zero-order chi connectivity index (χ0) is 15.4. The van der Waals surface area contributed by atoms with Crippen molar-refractivity contribution in [1.82, 2.24) is 4.90 Å². The second-order valence-corrected chi connectivity index (χ2v) is 6.49. The molecule has 1 aliphatic carbocycles. The third kappa shape index (κ3) is 3.43. The Morgan fingerprint density at radius 2 is 1.86 bits per heavy atom. The molecule has 2 atom stereocenters. The fourth-order valence-corrected chi connectivity index (χ4v) is 3.76. The van der Waals surface area contributed by atoms with Gasteiger partial charge in [-0.25, -0.2) is 0 Å². The lowest BCUT2D eigenvalue weighted by molar-refractivity contribution is -0.138. The minimum atomic E-state index is 0.164. The van der Waals surface area contributed by atoms with Crippen molar-refractivity contribution in [3.05, 3.63) is 30.3 Å². The third-order valence-electron chi connectivity index (χ3n) is 5.08. The molecule has 1 amide bonds. The molecule has 0 aromatic heterocycles. The smallest absolute Gasteiger partial charge is 0.226 e. The number of carbonyl (C=O) groups is 1. The average molecular weight is 302 g/mol. The Labute approximate surface area is 132 Å². The Kier molecular flexibility index (Phi) is 4.98. The number of nitrogens with two attached hydrogens (primary N) is 1. The molecule has 4 nitrogen and oxygen atoms in total. The van der Waals surface area contributed by atoms with Gasteiger partial charge in [0.2, 0.25) is 5.91 Å². The second-order valence-electron chi connectivity index (χ2n) is 6.49. The monoisotopic (exact) mass is 302 g/mol. The van der Waals surface area contributed by atoms with Crippen LogP contribution in [-0.4, -0.2) is 36.5 Å². The Morgan fingerprint density at radius 1 is 1.14 bits per heavy atom. The summed E-state index contributed by atoms with van der Waals surface area (Å²) < 4.78 is 5.99. The van der Waals surface area contributed by atoms with Crippen LogP contribution in [0.25, 0.3) is 0 Å². The molecule has 1 saturated carbocycles. The summed E-state index contributed by atoms with van der Waals surface area (Å²) in [5.41, 5.74) is 5.81. The topological polar surface area (TPSA) is 55.6 Å². The molecule has 2 aliphatic rings. The van der Waals surface area contributed by atoms with Crippen molar-refractivity contribution in [2.45, 2.75) is 38.2 Å². The normalized spacial score (nSPS) is 26.1. The standard InChI is InChI=1S/C18H26N2O2/c19-13-14-5-4-8-17(14)18(21)20-11-9-16(10-12-20)22-15-6-2-1-3-7-15/h1-3,6-7,14,16-17H,4-5,8-13,19H2/t14-,17-/m1/s1. The van der Waals surface area contributed by atoms with Gasteiger partial charge in [-0.3, -0.25) is 4.79 Å². The molecule has 0 spiro atoms. The van der Waals surface area contributed by atoms with Gasteiger partial charge in [-0.2, -0.15) is 0 Å². The highest BCUT2D eigenvalue weighted by molar-refractivity contribution is 5.79. The van der Waals surface area contributed by atoms with Crippen LogP contribution in [0.3, 0.4) is 0 Å². The average Bonchev–Trinajstić information content (AvgIpc) is 3.04. The van der Waals surface area contributed by atoms with Crippen LogP contribution in [0.1, 0.15) is 32.1 Å². The number of benzene rings is 1. The molecule has 3 rings (SSSR count). The van der Waals surface area contributed by atoms with E-state index >= 15 is 0 Å². The SMILES string of the molecule is NC[C@H]1CCC[C@H]1C(=O)N1CCC(Oc2ccccc2)CC1. The number of para-hydroxylation sites is 1. The maximum Gasteiger partial charge on any atom is 0.226 e. The molecule has 120 valence electrons. The Hall–Kier alpha value is -1.55. The summed E-state index contributed by atoms with van der Waals surface area (Å²) in [5.74, 6) is 1.81. The molecule has 1 saturated heterocycles. The number of hydrogen-bond acceptors (Lipinski definition) is 3. The van der Waals surface area contributed by atoms with E-state index in [1.807, 2.05) is 35.2 Å². The van der Waals surface area contributed by atoms with Gasteiger partial charge in [-0.1, -0.05) is 24.6 Å². The molecule has 1 aliphatic heterocycles. The fraction of sp³-hybridized carbons (Fsp3) is 0.611. The molecule has 1 aromatic carbocycles. The van der Waals surface area contributed by atoms with E-state index in [2.05, 4.69) is 0 Å². The highest BCUT2D eigenvalue weighted by atomic mass is 16.5. The van der Waals surface area contributed by atoms with E-state index in [0.717, 1.165) is 50.9 Å². The van der Waals surface area contributed by atoms with Gasteiger partial charge >= 0.3 is 0 Å². The Bertz CT molecular complexity index is 483. The van der Waals surface area contributed by atoms with Gasteiger partial charge in [0, 0.05) is 31.8 Å². The lowest BCUT2D eigenvalue weighted by atomic mass is 9.93. The van der Waals surface area contributed by atoms with Crippen LogP contribution in [-0.2, 0) is 4.79 Å². The molecule has 0 radical (unpaired) electrons. The first-order valence-electron chi connectivity index (χ1n) is 8.48. The summed E-state index contributed by atoms with van der Waals surface area (Å²) in [6.07, 6.45) is 5.33. The molecular weight excluding hydrogens is 276 g/mol. The van der Waals surface area contributed by atoms with E-state index in [-0.39, 0.29) is 12.0 Å². The highest BCUT2D eigenvalue weighted by Crippen LogP contribution is 2.33. The van der Waals surface area contributed by atoms with Crippen molar-refractivity contribution in [3.63, 3.8) is 0 Å². The van der Waals surface area contributed by atoms with Gasteiger partial charge in [0.15, 0.2) is 0 Å². The first-order chi connectivity index (χ1) is 10.8. The first-order valence-corrected chi connectivity index (χ1v) is 8.48. The lowest BCUT2D eigenvalue weighted by Gasteiger charge is -2.34. The van der Waals surface area contributed by atoms with Crippen molar-refractivity contribution in [3.8, 4) is 5.75 Å². The van der Waals surface area contributed by atoms with E-state index in [4.69, 9.17) is 10.5 Å². The van der Waals surface area contributed by atoms with Crippen molar-refractivity contribution < 1.29 is 9.53 Å². The van der Waals surface area contributed by atoms with Crippen molar-refractivity contribution in [2.75, 3.05) is 19.6 Å². The zero-order valence-corrected chi connectivity index (χ0v) is 13.1. The number of rotatable bonds is 4. The molecule has 4 heteroatoms. The molecule has 1 heterocycles. The van der Waals surface area contributed by atoms with Gasteiger partial charge in [0.25, 0.3) is 0 Å². The minimum Gasteiger partial charge on any atom is -0.490 e. The van der Waals surface area contributed by atoms with E-state index in [0.29, 0.717) is 18.4 Å². The van der Waals surface area contributed by atoms with Crippen LogP contribution >= 0.6 is 0 Å². The number of nitrogens with zero attached hydrogens (tertiary/aromatic N) is 1. The lowest BCUT2D eigenvalue weighted by Crippen LogP contribution is -2.45. The van der Waals surface area contributed by atoms with Gasteiger partial charge in [-0.05, 0) is 37.4 Å². The molecule has 2 N–H and O–H groups in total. The van der Waals surface area contributed by atoms with Gasteiger partial charge in [0.05, 0.1) is 0 Å². The maximum absolute atomic E-state index is 12.7. The number of carbonyl (C=O) groups excluding carboxylic acids is 1. The molecule has 0 bridgehead atoms. The van der Waals surface area contributed by atoms with Crippen LogP contribution in [0, 0.1) is 11.8 Å². The number of ether oxygens (including phenoxy) is 1. The van der Waals surface area contributed by atoms with Crippen LogP contribution in [0.2, 0.25) is 0 Å². The Morgan fingerprint density at radius 3 is 2.55 bits per heavy atom. The summed E-state index contributed by atoms with van der Waals surface area (Å²) in [7, 11) is 0. The molecule has 1 aromatic rings. The van der Waals surface area contributed by atoms with Crippen LogP contribution in [0.15, 0.2) is 30.3 Å². The minimum absolute atomic E-state index is 0.164. The van der Waals surface area contributed by atoms with Crippen molar-refractivity contribution in [1.29, 1.82) is 0 Å². The van der Waals surface area contributed by atoms with E-state index < -0.39 is 0 Å². The van der Waals surface area contributed by atoms with Gasteiger partial charge < -0.3 is 15.4 Å². The summed E-state index contributed by atoms with van der Waals surface area (Å²) in [5, 5.41) is 0. The predicted molar refractivity (Wildman–Crippen MR) is 86.6 cm³/mol. The largest absolute Gasteiger partial charge is 0.490 e. The first kappa shape index (κ1) is 15.3. The summed E-state index contributed by atoms with van der Waals surface area (Å²) in [6, 6.07) is 9.94. The number of amides is 1. The molecule has 2 fully saturated rings. The third-order valence-corrected chi connectivity index (χ3v) is 5.08. The zero-order valence-electron chi connectivity index (χ0n) is 13.1. The fourth-order valence-electron chi connectivity index (χ4n) is 3.76. The molecule has 0 unspecified atom stereocenters. The molecular formula is C18H26N2O2. The predicted octanol–water partition coefficient (Wildman–Crippen LogP) is 2.43. The maximum atomic E-state index is 12.7. The van der Waals surface area contributed by atoms with Gasteiger partial charge in [0.1, 0.15) is 11.9 Å². The quantitative estimate of drug-likeness (QED) is 0.929. The highest BCUT2D eigenvalue weighted by Gasteiger charge is 2.36.